The van der Waals surface area contributed by atoms with Crippen LogP contribution in [0.4, 0.5) is 4.39 Å². The Balaban J connectivity index is 1.95. The molecule has 1 aromatic heterocycles. The van der Waals surface area contributed by atoms with E-state index in [4.69, 9.17) is 4.74 Å². The standard InChI is InChI=1S/C24H26FN3O4/c1-15(17-6-5-9-20(13-17)32-3)26-22(30)14-28-23(18-7-4-8-19(25)12-18)27-16(2)21(10-11-29)24(28)31/h4-9,12-13,15,29H,10-11,14H2,1-3H3,(H,26,30)/t15-/m0/s1. The molecule has 1 atom stereocenters. The van der Waals surface area contributed by atoms with E-state index in [1.54, 1.807) is 20.1 Å². The minimum absolute atomic E-state index is 0.114. The van der Waals surface area contributed by atoms with Gasteiger partial charge >= 0.3 is 0 Å². The fourth-order valence-corrected chi connectivity index (χ4v) is 3.52. The van der Waals surface area contributed by atoms with Gasteiger partial charge in [-0.15, -0.1) is 0 Å². The second kappa shape index (κ2) is 10.2. The van der Waals surface area contributed by atoms with Crippen LogP contribution >= 0.6 is 0 Å². The average molecular weight is 439 g/mol. The summed E-state index contributed by atoms with van der Waals surface area (Å²) in [6, 6.07) is 12.7. The van der Waals surface area contributed by atoms with E-state index in [0.717, 1.165) is 5.56 Å². The number of benzene rings is 2. The first-order valence-corrected chi connectivity index (χ1v) is 10.2. The first kappa shape index (κ1) is 23.1. The predicted octanol–water partition coefficient (Wildman–Crippen LogP) is 2.78. The number of ether oxygens (including phenoxy) is 1. The number of amides is 1. The van der Waals surface area contributed by atoms with Crippen LogP contribution in [0.5, 0.6) is 5.75 Å². The molecule has 0 aliphatic heterocycles. The SMILES string of the molecule is COc1cccc([C@H](C)NC(=O)Cn2c(-c3cccc(F)c3)nc(C)c(CCO)c2=O)c1. The van der Waals surface area contributed by atoms with Gasteiger partial charge in [-0.1, -0.05) is 24.3 Å². The lowest BCUT2D eigenvalue weighted by Gasteiger charge is -2.18. The van der Waals surface area contributed by atoms with Gasteiger partial charge in [0.1, 0.15) is 23.9 Å². The van der Waals surface area contributed by atoms with Crippen molar-refractivity contribution in [1.82, 2.24) is 14.9 Å². The van der Waals surface area contributed by atoms with Crippen LogP contribution in [0.25, 0.3) is 11.4 Å². The molecular weight excluding hydrogens is 413 g/mol. The molecule has 1 amide bonds. The fourth-order valence-electron chi connectivity index (χ4n) is 3.52. The number of nitrogens with zero attached hydrogens (tertiary/aromatic N) is 2. The number of rotatable bonds is 8. The second-order valence-electron chi connectivity index (χ2n) is 7.44. The minimum Gasteiger partial charge on any atom is -0.497 e. The molecule has 2 N–H and O–H groups in total. The Kier molecular flexibility index (Phi) is 7.37. The highest BCUT2D eigenvalue weighted by Gasteiger charge is 2.19. The molecule has 32 heavy (non-hydrogen) atoms. The third-order valence-electron chi connectivity index (χ3n) is 5.19. The van der Waals surface area contributed by atoms with Crippen molar-refractivity contribution in [3.05, 3.63) is 81.5 Å². The van der Waals surface area contributed by atoms with Gasteiger partial charge in [-0.05, 0) is 43.7 Å². The molecule has 0 saturated heterocycles. The number of hydrogen-bond donors (Lipinski definition) is 2. The van der Waals surface area contributed by atoms with Gasteiger partial charge in [0, 0.05) is 29.8 Å². The van der Waals surface area contributed by atoms with E-state index in [9.17, 15) is 19.1 Å². The Morgan fingerprint density at radius 1 is 1.25 bits per heavy atom. The molecule has 0 unspecified atom stereocenters. The Morgan fingerprint density at radius 3 is 2.69 bits per heavy atom. The van der Waals surface area contributed by atoms with Crippen LogP contribution in [0.15, 0.2) is 53.3 Å². The van der Waals surface area contributed by atoms with Crippen LogP contribution in [0, 0.1) is 12.7 Å². The van der Waals surface area contributed by atoms with Crippen molar-refractivity contribution in [2.45, 2.75) is 32.9 Å². The maximum absolute atomic E-state index is 13.8. The molecule has 7 nitrogen and oxygen atoms in total. The summed E-state index contributed by atoms with van der Waals surface area (Å²) in [6.07, 6.45) is 0.114. The van der Waals surface area contributed by atoms with Gasteiger partial charge in [-0.3, -0.25) is 14.2 Å². The Morgan fingerprint density at radius 2 is 2.00 bits per heavy atom. The molecule has 0 fully saturated rings. The van der Waals surface area contributed by atoms with E-state index >= 15 is 0 Å². The monoisotopic (exact) mass is 439 g/mol. The number of aryl methyl sites for hydroxylation is 1. The molecule has 0 aliphatic carbocycles. The summed E-state index contributed by atoms with van der Waals surface area (Å²) >= 11 is 0. The van der Waals surface area contributed by atoms with Gasteiger partial charge in [0.05, 0.1) is 13.2 Å². The molecule has 3 rings (SSSR count). The predicted molar refractivity (Wildman–Crippen MR) is 119 cm³/mol. The molecule has 0 saturated carbocycles. The molecule has 2 aromatic carbocycles. The van der Waals surface area contributed by atoms with Gasteiger partial charge in [0.25, 0.3) is 5.56 Å². The van der Waals surface area contributed by atoms with E-state index < -0.39 is 17.3 Å². The molecule has 1 heterocycles. The lowest BCUT2D eigenvalue weighted by atomic mass is 10.1. The number of hydrogen-bond acceptors (Lipinski definition) is 5. The summed E-state index contributed by atoms with van der Waals surface area (Å²) < 4.78 is 20.3. The number of aromatic nitrogens is 2. The van der Waals surface area contributed by atoms with E-state index in [1.807, 2.05) is 31.2 Å². The second-order valence-corrected chi connectivity index (χ2v) is 7.44. The highest BCUT2D eigenvalue weighted by Crippen LogP contribution is 2.20. The summed E-state index contributed by atoms with van der Waals surface area (Å²) in [5, 5.41) is 12.2. The quantitative estimate of drug-likeness (QED) is 0.563. The summed E-state index contributed by atoms with van der Waals surface area (Å²) in [6.45, 7) is 2.96. The van der Waals surface area contributed by atoms with Crippen LogP contribution in [0.3, 0.4) is 0 Å². The molecule has 8 heteroatoms. The van der Waals surface area contributed by atoms with Crippen LogP contribution < -0.4 is 15.6 Å². The van der Waals surface area contributed by atoms with Crippen LogP contribution in [-0.4, -0.2) is 34.3 Å². The highest BCUT2D eigenvalue weighted by molar-refractivity contribution is 5.77. The summed E-state index contributed by atoms with van der Waals surface area (Å²) in [5.74, 6) is -0.0142. The first-order chi connectivity index (χ1) is 15.3. The number of aliphatic hydroxyl groups is 1. The average Bonchev–Trinajstić information content (AvgIpc) is 2.78. The van der Waals surface area contributed by atoms with Crippen molar-refractivity contribution in [3.63, 3.8) is 0 Å². The zero-order valence-electron chi connectivity index (χ0n) is 18.3. The van der Waals surface area contributed by atoms with E-state index in [1.165, 1.54) is 22.8 Å². The minimum atomic E-state index is -0.475. The van der Waals surface area contributed by atoms with Gasteiger partial charge in [0.2, 0.25) is 5.91 Å². The lowest BCUT2D eigenvalue weighted by Crippen LogP contribution is -2.36. The van der Waals surface area contributed by atoms with Crippen molar-refractivity contribution in [2.75, 3.05) is 13.7 Å². The summed E-state index contributed by atoms with van der Waals surface area (Å²) in [7, 11) is 1.57. The smallest absolute Gasteiger partial charge is 0.257 e. The van der Waals surface area contributed by atoms with Crippen LogP contribution in [-0.2, 0) is 17.8 Å². The normalized spacial score (nSPS) is 11.8. The third-order valence-corrected chi connectivity index (χ3v) is 5.19. The number of halogens is 1. The van der Waals surface area contributed by atoms with Crippen molar-refractivity contribution < 1.29 is 19.0 Å². The van der Waals surface area contributed by atoms with Gasteiger partial charge in [-0.25, -0.2) is 9.37 Å². The molecule has 0 radical (unpaired) electrons. The maximum atomic E-state index is 13.8. The maximum Gasteiger partial charge on any atom is 0.257 e. The third kappa shape index (κ3) is 5.20. The van der Waals surface area contributed by atoms with E-state index in [0.29, 0.717) is 22.6 Å². The Hall–Kier alpha value is -3.52. The fraction of sp³-hybridized carbons (Fsp3) is 0.292. The summed E-state index contributed by atoms with van der Waals surface area (Å²) in [4.78, 5) is 30.5. The molecule has 0 bridgehead atoms. The number of carbonyl (C=O) groups is 1. The molecule has 0 spiro atoms. The number of methoxy groups -OCH3 is 1. The van der Waals surface area contributed by atoms with Crippen molar-refractivity contribution in [3.8, 4) is 17.1 Å². The molecular formula is C24H26FN3O4. The van der Waals surface area contributed by atoms with Crippen molar-refractivity contribution in [1.29, 1.82) is 0 Å². The number of carbonyl (C=O) groups excluding carboxylic acids is 1. The molecule has 3 aromatic rings. The van der Waals surface area contributed by atoms with Gasteiger partial charge in [0.15, 0.2) is 0 Å². The Bertz CT molecular complexity index is 1180. The van der Waals surface area contributed by atoms with Crippen molar-refractivity contribution >= 4 is 5.91 Å². The first-order valence-electron chi connectivity index (χ1n) is 10.2. The topological polar surface area (TPSA) is 93.4 Å². The number of nitrogens with one attached hydrogen (secondary N) is 1. The van der Waals surface area contributed by atoms with Crippen molar-refractivity contribution in [2.24, 2.45) is 0 Å². The summed E-state index contributed by atoms with van der Waals surface area (Å²) in [5.41, 5.74) is 1.55. The molecule has 168 valence electrons. The van der Waals surface area contributed by atoms with Gasteiger partial charge in [-0.2, -0.15) is 0 Å². The van der Waals surface area contributed by atoms with E-state index in [-0.39, 0.29) is 31.4 Å². The largest absolute Gasteiger partial charge is 0.497 e. The Labute approximate surface area is 185 Å². The van der Waals surface area contributed by atoms with E-state index in [2.05, 4.69) is 10.3 Å². The number of aliphatic hydroxyl groups excluding tert-OH is 1. The van der Waals surface area contributed by atoms with Gasteiger partial charge < -0.3 is 15.2 Å². The van der Waals surface area contributed by atoms with Crippen LogP contribution in [0.1, 0.15) is 29.8 Å². The molecule has 0 aliphatic rings. The zero-order valence-corrected chi connectivity index (χ0v) is 18.3. The lowest BCUT2D eigenvalue weighted by molar-refractivity contribution is -0.122. The zero-order chi connectivity index (χ0) is 23.3. The van der Waals surface area contributed by atoms with Crippen LogP contribution in [0.2, 0.25) is 0 Å². The highest BCUT2D eigenvalue weighted by atomic mass is 19.1.